The van der Waals surface area contributed by atoms with E-state index in [2.05, 4.69) is 26.9 Å². The molecule has 1 aliphatic heterocycles. The van der Waals surface area contributed by atoms with Crippen molar-refractivity contribution in [2.45, 2.75) is 0 Å². The van der Waals surface area contributed by atoms with Crippen LogP contribution in [-0.4, -0.2) is 32.6 Å². The largest absolute Gasteiger partial charge is 0.453 e. The Morgan fingerprint density at radius 2 is 1.95 bits per heavy atom. The highest BCUT2D eigenvalue weighted by Gasteiger charge is 2.17. The molecule has 20 heavy (non-hydrogen) atoms. The molecule has 0 unspecified atom stereocenters. The van der Waals surface area contributed by atoms with Gasteiger partial charge in [-0.1, -0.05) is 15.9 Å². The Labute approximate surface area is 125 Å². The molecule has 0 N–H and O–H groups in total. The number of halogens is 1. The summed E-state index contributed by atoms with van der Waals surface area (Å²) in [6, 6.07) is 9.60. The molecule has 4 nitrogen and oxygen atoms in total. The van der Waals surface area contributed by atoms with Gasteiger partial charge in [0.2, 0.25) is 0 Å². The third kappa shape index (κ3) is 2.64. The van der Waals surface area contributed by atoms with E-state index in [9.17, 15) is 4.79 Å². The van der Waals surface area contributed by atoms with Gasteiger partial charge in [-0.05, 0) is 30.3 Å². The van der Waals surface area contributed by atoms with Crippen molar-refractivity contribution in [3.05, 3.63) is 40.6 Å². The van der Waals surface area contributed by atoms with Gasteiger partial charge in [0.05, 0.1) is 13.2 Å². The fraction of sp³-hybridized carbons (Fsp3) is 0.267. The minimum Gasteiger partial charge on any atom is -0.453 e. The SMILES string of the molecule is O=Cc1ccc(-c2cc(Br)ccc2N2CCOCC2)o1. The molecule has 0 radical (unpaired) electrons. The second-order valence-electron chi connectivity index (χ2n) is 4.58. The molecular formula is C15H14BrNO3. The summed E-state index contributed by atoms with van der Waals surface area (Å²) in [4.78, 5) is 13.0. The number of aldehydes is 1. The number of morpholine rings is 1. The maximum absolute atomic E-state index is 10.8. The van der Waals surface area contributed by atoms with Gasteiger partial charge in [-0.25, -0.2) is 0 Å². The fourth-order valence-electron chi connectivity index (χ4n) is 2.35. The number of nitrogens with zero attached hydrogens (tertiary/aromatic N) is 1. The molecule has 2 heterocycles. The van der Waals surface area contributed by atoms with Crippen molar-refractivity contribution < 1.29 is 13.9 Å². The van der Waals surface area contributed by atoms with Gasteiger partial charge in [0.25, 0.3) is 0 Å². The van der Waals surface area contributed by atoms with Crippen LogP contribution in [0.4, 0.5) is 5.69 Å². The van der Waals surface area contributed by atoms with E-state index in [4.69, 9.17) is 9.15 Å². The predicted octanol–water partition coefficient (Wildman–Crippen LogP) is 3.36. The highest BCUT2D eigenvalue weighted by atomic mass is 79.9. The maximum atomic E-state index is 10.8. The molecule has 1 aliphatic rings. The number of ether oxygens (including phenoxy) is 1. The molecule has 1 aromatic heterocycles. The lowest BCUT2D eigenvalue weighted by atomic mass is 10.1. The van der Waals surface area contributed by atoms with Gasteiger partial charge in [-0.3, -0.25) is 4.79 Å². The van der Waals surface area contributed by atoms with Crippen molar-refractivity contribution in [3.63, 3.8) is 0 Å². The van der Waals surface area contributed by atoms with E-state index in [1.165, 1.54) is 0 Å². The van der Waals surface area contributed by atoms with Gasteiger partial charge < -0.3 is 14.1 Å². The van der Waals surface area contributed by atoms with Gasteiger partial charge in [-0.2, -0.15) is 0 Å². The highest BCUT2D eigenvalue weighted by Crippen LogP contribution is 2.34. The molecule has 0 atom stereocenters. The van der Waals surface area contributed by atoms with Gasteiger partial charge in [0.1, 0.15) is 5.76 Å². The smallest absolute Gasteiger partial charge is 0.185 e. The first kappa shape index (κ1) is 13.4. The molecule has 104 valence electrons. The number of hydrogen-bond acceptors (Lipinski definition) is 4. The van der Waals surface area contributed by atoms with Gasteiger partial charge in [0.15, 0.2) is 12.0 Å². The van der Waals surface area contributed by atoms with Crippen molar-refractivity contribution in [1.29, 1.82) is 0 Å². The minimum atomic E-state index is 0.341. The van der Waals surface area contributed by atoms with Crippen LogP contribution in [0, 0.1) is 0 Å². The van der Waals surface area contributed by atoms with E-state index in [0.717, 1.165) is 48.3 Å². The number of benzene rings is 1. The predicted molar refractivity (Wildman–Crippen MR) is 80.3 cm³/mol. The minimum absolute atomic E-state index is 0.341. The molecule has 0 aliphatic carbocycles. The Kier molecular flexibility index (Phi) is 3.89. The van der Waals surface area contributed by atoms with E-state index >= 15 is 0 Å². The lowest BCUT2D eigenvalue weighted by Gasteiger charge is -2.30. The normalized spacial score (nSPS) is 15.3. The first-order valence-corrected chi connectivity index (χ1v) is 7.25. The standard InChI is InChI=1S/C15H14BrNO3/c16-11-1-3-14(17-5-7-19-8-6-17)13(9-11)15-4-2-12(10-18)20-15/h1-4,9-10H,5-8H2. The molecule has 5 heteroatoms. The monoisotopic (exact) mass is 335 g/mol. The summed E-state index contributed by atoms with van der Waals surface area (Å²) in [5.41, 5.74) is 2.08. The van der Waals surface area contributed by atoms with Crippen LogP contribution in [0.2, 0.25) is 0 Å². The third-order valence-corrected chi connectivity index (χ3v) is 3.81. The number of carbonyl (C=O) groups is 1. The summed E-state index contributed by atoms with van der Waals surface area (Å²) in [5.74, 6) is 1.04. The van der Waals surface area contributed by atoms with E-state index < -0.39 is 0 Å². The summed E-state index contributed by atoms with van der Waals surface area (Å²) in [5, 5.41) is 0. The number of rotatable bonds is 3. The lowest BCUT2D eigenvalue weighted by Crippen LogP contribution is -2.36. The summed E-state index contributed by atoms with van der Waals surface area (Å²) in [7, 11) is 0. The molecular weight excluding hydrogens is 322 g/mol. The third-order valence-electron chi connectivity index (χ3n) is 3.32. The molecule has 0 saturated carbocycles. The zero-order valence-corrected chi connectivity index (χ0v) is 12.4. The van der Waals surface area contributed by atoms with Crippen molar-refractivity contribution >= 4 is 27.9 Å². The van der Waals surface area contributed by atoms with Gasteiger partial charge in [-0.15, -0.1) is 0 Å². The number of carbonyl (C=O) groups excluding carboxylic acids is 1. The molecule has 3 rings (SSSR count). The van der Waals surface area contributed by atoms with Crippen LogP contribution in [0.1, 0.15) is 10.6 Å². The average Bonchev–Trinajstić information content (AvgIpc) is 2.97. The van der Waals surface area contributed by atoms with E-state index in [0.29, 0.717) is 11.5 Å². The Morgan fingerprint density at radius 1 is 1.15 bits per heavy atom. The lowest BCUT2D eigenvalue weighted by molar-refractivity contribution is 0.110. The van der Waals surface area contributed by atoms with E-state index in [-0.39, 0.29) is 0 Å². The average molecular weight is 336 g/mol. The van der Waals surface area contributed by atoms with Crippen LogP contribution in [-0.2, 0) is 4.74 Å². The molecule has 0 spiro atoms. The summed E-state index contributed by atoms with van der Waals surface area (Å²) in [6.45, 7) is 3.17. The van der Waals surface area contributed by atoms with E-state index in [1.54, 1.807) is 6.07 Å². The molecule has 1 saturated heterocycles. The zero-order chi connectivity index (χ0) is 13.9. The van der Waals surface area contributed by atoms with Crippen LogP contribution in [0.15, 0.2) is 39.2 Å². The van der Waals surface area contributed by atoms with Crippen molar-refractivity contribution in [1.82, 2.24) is 0 Å². The number of hydrogen-bond donors (Lipinski definition) is 0. The quantitative estimate of drug-likeness (QED) is 0.806. The van der Waals surface area contributed by atoms with Crippen molar-refractivity contribution in [2.24, 2.45) is 0 Å². The molecule has 0 amide bonds. The summed E-state index contributed by atoms with van der Waals surface area (Å²) >= 11 is 3.49. The summed E-state index contributed by atoms with van der Waals surface area (Å²) in [6.07, 6.45) is 0.718. The van der Waals surface area contributed by atoms with Gasteiger partial charge >= 0.3 is 0 Å². The van der Waals surface area contributed by atoms with Crippen LogP contribution >= 0.6 is 15.9 Å². The molecule has 1 aromatic carbocycles. The Bertz CT molecular complexity index is 617. The number of anilines is 1. The number of furan rings is 1. The summed E-state index contributed by atoms with van der Waals surface area (Å²) < 4.78 is 11.9. The Balaban J connectivity index is 2.03. The maximum Gasteiger partial charge on any atom is 0.185 e. The fourth-order valence-corrected chi connectivity index (χ4v) is 2.71. The second-order valence-corrected chi connectivity index (χ2v) is 5.50. The second kappa shape index (κ2) is 5.81. The van der Waals surface area contributed by atoms with Crippen LogP contribution < -0.4 is 4.90 Å². The zero-order valence-electron chi connectivity index (χ0n) is 10.8. The van der Waals surface area contributed by atoms with Crippen LogP contribution in [0.5, 0.6) is 0 Å². The van der Waals surface area contributed by atoms with Crippen molar-refractivity contribution in [2.75, 3.05) is 31.2 Å². The van der Waals surface area contributed by atoms with Crippen LogP contribution in [0.25, 0.3) is 11.3 Å². The molecule has 0 bridgehead atoms. The first-order valence-electron chi connectivity index (χ1n) is 6.45. The first-order chi connectivity index (χ1) is 9.78. The molecule has 1 fully saturated rings. The van der Waals surface area contributed by atoms with Crippen molar-refractivity contribution in [3.8, 4) is 11.3 Å². The Morgan fingerprint density at radius 3 is 2.65 bits per heavy atom. The molecule has 2 aromatic rings. The Hall–Kier alpha value is -1.59. The topological polar surface area (TPSA) is 42.7 Å². The van der Waals surface area contributed by atoms with E-state index in [1.807, 2.05) is 18.2 Å². The van der Waals surface area contributed by atoms with Crippen LogP contribution in [0.3, 0.4) is 0 Å². The van der Waals surface area contributed by atoms with Gasteiger partial charge in [0, 0.05) is 28.8 Å². The highest BCUT2D eigenvalue weighted by molar-refractivity contribution is 9.10.